The van der Waals surface area contributed by atoms with E-state index in [9.17, 15) is 37.1 Å². The number of anilines is 2. The fourth-order valence-corrected chi connectivity index (χ4v) is 3.08. The van der Waals surface area contributed by atoms with Crippen LogP contribution in [0.5, 0.6) is 0 Å². The maximum absolute atomic E-state index is 13.3. The van der Waals surface area contributed by atoms with Gasteiger partial charge in [-0.15, -0.1) is 0 Å². The van der Waals surface area contributed by atoms with Crippen LogP contribution in [-0.2, 0) is 20.9 Å². The van der Waals surface area contributed by atoms with E-state index in [1.54, 1.807) is 0 Å². The van der Waals surface area contributed by atoms with Crippen LogP contribution in [0, 0.1) is 5.92 Å². The molecule has 0 aliphatic heterocycles. The molecule has 0 bridgehead atoms. The Labute approximate surface area is 231 Å². The number of carbonyl (C=O) groups excluding carboxylic acids is 3. The molecule has 41 heavy (non-hydrogen) atoms. The Morgan fingerprint density at radius 2 is 1.78 bits per heavy atom. The molecule has 1 aromatic carbocycles. The molecule has 0 saturated carbocycles. The van der Waals surface area contributed by atoms with Gasteiger partial charge in [0.2, 0.25) is 5.95 Å². The highest BCUT2D eigenvalue weighted by molar-refractivity contribution is 5.98. The van der Waals surface area contributed by atoms with Gasteiger partial charge in [0.25, 0.3) is 11.5 Å². The molecule has 2 heterocycles. The van der Waals surface area contributed by atoms with Gasteiger partial charge >= 0.3 is 18.1 Å². The van der Waals surface area contributed by atoms with Crippen LogP contribution in [0.4, 0.5) is 24.8 Å². The first-order valence-corrected chi connectivity index (χ1v) is 12.1. The van der Waals surface area contributed by atoms with Crippen molar-refractivity contribution in [1.82, 2.24) is 25.3 Å². The fourth-order valence-electron chi connectivity index (χ4n) is 3.08. The summed E-state index contributed by atoms with van der Waals surface area (Å²) in [5.74, 6) is -3.44. The van der Waals surface area contributed by atoms with Crippen molar-refractivity contribution in [2.45, 2.75) is 39.4 Å². The standard InChI is InChI=1S/C21H20F3N7O5.C4H8O/c1-25-20-29-16-15(18(35)30-20)28-12(9-27-16)10-31(19(36)21(22,23)24)13-6-4-11(5-7-13)17(34)26-8-2-3-14(32)33;1-4(2)3-5/h4-7,9H,2-3,8,10H2,1H3,(H,26,34)(H,32,33)(H2,25,27,29,30,35);3-4H,1-2H3. The van der Waals surface area contributed by atoms with Crippen molar-refractivity contribution in [1.29, 1.82) is 0 Å². The number of carboxylic acid groups (broad SMARTS) is 1. The second kappa shape index (κ2) is 14.5. The van der Waals surface area contributed by atoms with E-state index in [0.29, 0.717) is 4.90 Å². The third kappa shape index (κ3) is 9.66. The number of halogens is 3. The van der Waals surface area contributed by atoms with Gasteiger partial charge in [-0.3, -0.25) is 29.1 Å². The third-order valence-corrected chi connectivity index (χ3v) is 5.08. The van der Waals surface area contributed by atoms with E-state index in [0.717, 1.165) is 24.6 Å². The SMILES string of the molecule is CC(C)C=O.CNc1nc2ncc(CN(C(=O)C(F)(F)F)c3ccc(C(=O)NCCCC(=O)O)cc3)nc2c(=O)[nH]1. The summed E-state index contributed by atoms with van der Waals surface area (Å²) in [6, 6.07) is 4.74. The molecule has 0 fully saturated rings. The second-order valence-corrected chi connectivity index (χ2v) is 8.77. The molecular weight excluding hydrogens is 551 g/mol. The summed E-state index contributed by atoms with van der Waals surface area (Å²) in [5, 5.41) is 13.7. The van der Waals surface area contributed by atoms with Crippen LogP contribution in [-0.4, -0.2) is 68.9 Å². The van der Waals surface area contributed by atoms with Crippen molar-refractivity contribution in [3.8, 4) is 0 Å². The number of alkyl halides is 3. The number of aromatic amines is 1. The van der Waals surface area contributed by atoms with Crippen LogP contribution in [0.1, 0.15) is 42.7 Å². The molecule has 3 aromatic rings. The molecule has 13 nitrogen and oxygen atoms in total. The maximum Gasteiger partial charge on any atom is 0.471 e. The third-order valence-electron chi connectivity index (χ3n) is 5.08. The summed E-state index contributed by atoms with van der Waals surface area (Å²) < 4.78 is 40.0. The maximum atomic E-state index is 13.3. The van der Waals surface area contributed by atoms with E-state index in [2.05, 4.69) is 30.6 Å². The Bertz CT molecular complexity index is 1440. The topological polar surface area (TPSA) is 187 Å². The van der Waals surface area contributed by atoms with Crippen molar-refractivity contribution in [3.63, 3.8) is 0 Å². The summed E-state index contributed by atoms with van der Waals surface area (Å²) in [7, 11) is 1.51. The van der Waals surface area contributed by atoms with Gasteiger partial charge in [0.15, 0.2) is 11.2 Å². The molecule has 2 amide bonds. The number of amides is 2. The average molecular weight is 580 g/mol. The number of hydrogen-bond acceptors (Lipinski definition) is 9. The van der Waals surface area contributed by atoms with Gasteiger partial charge in [-0.2, -0.15) is 18.2 Å². The molecule has 4 N–H and O–H groups in total. The molecule has 0 atom stereocenters. The first-order chi connectivity index (χ1) is 19.3. The van der Waals surface area contributed by atoms with Gasteiger partial charge in [-0.1, -0.05) is 13.8 Å². The summed E-state index contributed by atoms with van der Waals surface area (Å²) in [6.07, 6.45) is -3.13. The zero-order valence-electron chi connectivity index (χ0n) is 22.3. The van der Waals surface area contributed by atoms with Crippen molar-refractivity contribution in [3.05, 3.63) is 52.1 Å². The van der Waals surface area contributed by atoms with Crippen LogP contribution in [0.15, 0.2) is 35.3 Å². The van der Waals surface area contributed by atoms with Gasteiger partial charge in [0.1, 0.15) is 6.29 Å². The number of hydrogen-bond donors (Lipinski definition) is 4. The number of nitrogens with one attached hydrogen (secondary N) is 3. The Morgan fingerprint density at radius 1 is 1.15 bits per heavy atom. The first kappa shape index (κ1) is 32.3. The number of rotatable bonds is 10. The lowest BCUT2D eigenvalue weighted by atomic mass is 10.1. The zero-order chi connectivity index (χ0) is 30.7. The molecule has 0 unspecified atom stereocenters. The molecule has 2 aromatic heterocycles. The van der Waals surface area contributed by atoms with Crippen molar-refractivity contribution in [2.75, 3.05) is 23.8 Å². The lowest BCUT2D eigenvalue weighted by molar-refractivity contribution is -0.170. The normalized spacial score (nSPS) is 10.9. The lowest BCUT2D eigenvalue weighted by Crippen LogP contribution is -2.41. The number of benzene rings is 1. The highest BCUT2D eigenvalue weighted by Crippen LogP contribution is 2.26. The van der Waals surface area contributed by atoms with Crippen LogP contribution < -0.4 is 21.1 Å². The van der Waals surface area contributed by atoms with Gasteiger partial charge in [-0.05, 0) is 30.7 Å². The monoisotopic (exact) mass is 579 g/mol. The van der Waals surface area contributed by atoms with Crippen LogP contribution >= 0.6 is 0 Å². The number of aliphatic carboxylic acids is 1. The number of aldehydes is 1. The summed E-state index contributed by atoms with van der Waals surface area (Å²) in [6.45, 7) is 3.13. The molecule has 3 rings (SSSR count). The van der Waals surface area contributed by atoms with Gasteiger partial charge in [0, 0.05) is 37.2 Å². The fraction of sp³-hybridized carbons (Fsp3) is 0.360. The highest BCUT2D eigenvalue weighted by atomic mass is 19.4. The molecule has 16 heteroatoms. The number of carboxylic acids is 1. The predicted molar refractivity (Wildman–Crippen MR) is 141 cm³/mol. The van der Waals surface area contributed by atoms with E-state index < -0.39 is 36.1 Å². The largest absolute Gasteiger partial charge is 0.481 e. The Morgan fingerprint density at radius 3 is 2.32 bits per heavy atom. The number of nitrogens with zero attached hydrogens (tertiary/aromatic N) is 4. The molecule has 0 spiro atoms. The average Bonchev–Trinajstić information content (AvgIpc) is 2.93. The molecule has 0 saturated heterocycles. The van der Waals surface area contributed by atoms with E-state index in [4.69, 9.17) is 5.11 Å². The Balaban J connectivity index is 0.00000108. The van der Waals surface area contributed by atoms with Crippen molar-refractivity contribution in [2.24, 2.45) is 5.92 Å². The smallest absolute Gasteiger partial charge is 0.471 e. The van der Waals surface area contributed by atoms with E-state index in [1.165, 1.54) is 19.2 Å². The number of H-pyrrole nitrogens is 1. The van der Waals surface area contributed by atoms with E-state index in [1.807, 2.05) is 13.8 Å². The van der Waals surface area contributed by atoms with E-state index >= 15 is 0 Å². The minimum Gasteiger partial charge on any atom is -0.481 e. The number of fused-ring (bicyclic) bond motifs is 1. The van der Waals surface area contributed by atoms with Crippen LogP contribution in [0.25, 0.3) is 11.2 Å². The minimum atomic E-state index is -5.22. The van der Waals surface area contributed by atoms with Crippen LogP contribution in [0.3, 0.4) is 0 Å². The van der Waals surface area contributed by atoms with Gasteiger partial charge < -0.3 is 20.5 Å². The lowest BCUT2D eigenvalue weighted by Gasteiger charge is -2.23. The summed E-state index contributed by atoms with van der Waals surface area (Å²) in [4.78, 5) is 71.4. The van der Waals surface area contributed by atoms with Crippen LogP contribution in [0.2, 0.25) is 0 Å². The quantitative estimate of drug-likeness (QED) is 0.205. The van der Waals surface area contributed by atoms with Gasteiger partial charge in [0.05, 0.1) is 18.4 Å². The molecular formula is C25H28F3N7O6. The van der Waals surface area contributed by atoms with Crippen molar-refractivity contribution < 1.29 is 37.5 Å². The minimum absolute atomic E-state index is 0.0423. The second-order valence-electron chi connectivity index (χ2n) is 8.77. The molecule has 0 aliphatic rings. The van der Waals surface area contributed by atoms with Gasteiger partial charge in [-0.25, -0.2) is 9.97 Å². The first-order valence-electron chi connectivity index (χ1n) is 12.1. The van der Waals surface area contributed by atoms with Crippen molar-refractivity contribution >= 4 is 46.9 Å². The Hall–Kier alpha value is -4.89. The molecule has 0 radical (unpaired) electrons. The molecule has 220 valence electrons. The zero-order valence-corrected chi connectivity index (χ0v) is 22.3. The highest BCUT2D eigenvalue weighted by Gasteiger charge is 2.43. The summed E-state index contributed by atoms with van der Waals surface area (Å²) >= 11 is 0. The predicted octanol–water partition coefficient (Wildman–Crippen LogP) is 2.29. The molecule has 0 aliphatic carbocycles. The number of carbonyl (C=O) groups is 4. The Kier molecular flexibility index (Phi) is 11.4. The number of aromatic nitrogens is 4. The summed E-state index contributed by atoms with van der Waals surface area (Å²) in [5.41, 5.74) is -1.13. The van der Waals surface area contributed by atoms with E-state index in [-0.39, 0.29) is 59.4 Å².